The Morgan fingerprint density at radius 1 is 1.43 bits per heavy atom. The average molecular weight is 284 g/mol. The lowest BCUT2D eigenvalue weighted by Gasteiger charge is -2.21. The van der Waals surface area contributed by atoms with Crippen LogP contribution in [0.4, 0.5) is 5.69 Å². The number of hydrogen-bond acceptors (Lipinski definition) is 3. The SMILES string of the molecule is Cn1nccc1C(=O)NCCc1cccc2c1NCCC2. The number of nitrogens with zero attached hydrogens (tertiary/aromatic N) is 2. The van der Waals surface area contributed by atoms with Crippen LogP contribution < -0.4 is 10.6 Å². The van der Waals surface area contributed by atoms with Crippen LogP contribution in [0.25, 0.3) is 0 Å². The summed E-state index contributed by atoms with van der Waals surface area (Å²) in [5, 5.41) is 10.4. The number of rotatable bonds is 4. The molecule has 0 unspecified atom stereocenters. The van der Waals surface area contributed by atoms with Crippen LogP contribution in [-0.2, 0) is 19.9 Å². The third kappa shape index (κ3) is 2.91. The Labute approximate surface area is 124 Å². The van der Waals surface area contributed by atoms with Crippen LogP contribution in [0.5, 0.6) is 0 Å². The molecule has 110 valence electrons. The van der Waals surface area contributed by atoms with Gasteiger partial charge in [-0.25, -0.2) is 0 Å². The van der Waals surface area contributed by atoms with Gasteiger partial charge in [0.05, 0.1) is 0 Å². The van der Waals surface area contributed by atoms with E-state index in [2.05, 4.69) is 33.9 Å². The van der Waals surface area contributed by atoms with E-state index in [-0.39, 0.29) is 5.91 Å². The molecule has 1 aromatic heterocycles. The maximum atomic E-state index is 12.0. The summed E-state index contributed by atoms with van der Waals surface area (Å²) in [5.74, 6) is -0.0762. The van der Waals surface area contributed by atoms with Gasteiger partial charge in [0.25, 0.3) is 5.91 Å². The molecule has 3 rings (SSSR count). The number of aryl methyl sites for hydroxylation is 2. The van der Waals surface area contributed by atoms with Crippen molar-refractivity contribution < 1.29 is 4.79 Å². The minimum absolute atomic E-state index is 0.0762. The molecule has 0 saturated heterocycles. The van der Waals surface area contributed by atoms with Crippen molar-refractivity contribution in [2.75, 3.05) is 18.4 Å². The monoisotopic (exact) mass is 284 g/mol. The Bertz CT molecular complexity index is 647. The molecule has 21 heavy (non-hydrogen) atoms. The molecule has 0 spiro atoms. The number of carbonyl (C=O) groups excluding carboxylic acids is 1. The molecule has 1 amide bonds. The maximum Gasteiger partial charge on any atom is 0.269 e. The summed E-state index contributed by atoms with van der Waals surface area (Å²) in [5.41, 5.74) is 4.51. The molecule has 0 saturated carbocycles. The van der Waals surface area contributed by atoms with E-state index in [1.165, 1.54) is 23.2 Å². The van der Waals surface area contributed by atoms with Gasteiger partial charge < -0.3 is 10.6 Å². The normalized spacial score (nSPS) is 13.4. The van der Waals surface area contributed by atoms with E-state index in [1.807, 2.05) is 0 Å². The van der Waals surface area contributed by atoms with E-state index in [4.69, 9.17) is 0 Å². The van der Waals surface area contributed by atoms with Crippen molar-refractivity contribution in [3.05, 3.63) is 47.3 Å². The largest absolute Gasteiger partial charge is 0.385 e. The first-order valence-corrected chi connectivity index (χ1v) is 7.36. The zero-order valence-electron chi connectivity index (χ0n) is 12.2. The van der Waals surface area contributed by atoms with Gasteiger partial charge in [-0.2, -0.15) is 5.10 Å². The van der Waals surface area contributed by atoms with Gasteiger partial charge in [0.2, 0.25) is 0 Å². The Hall–Kier alpha value is -2.30. The summed E-state index contributed by atoms with van der Waals surface area (Å²) in [6.45, 7) is 1.66. The Morgan fingerprint density at radius 2 is 2.33 bits per heavy atom. The van der Waals surface area contributed by atoms with Crippen LogP contribution in [0.2, 0.25) is 0 Å². The number of para-hydroxylation sites is 1. The molecular formula is C16H20N4O. The third-order valence-corrected chi connectivity index (χ3v) is 3.90. The van der Waals surface area contributed by atoms with Crippen molar-refractivity contribution in [2.24, 2.45) is 7.05 Å². The van der Waals surface area contributed by atoms with Gasteiger partial charge in [0, 0.05) is 32.0 Å². The molecule has 2 heterocycles. The molecule has 5 nitrogen and oxygen atoms in total. The number of hydrogen-bond donors (Lipinski definition) is 2. The van der Waals surface area contributed by atoms with Crippen LogP contribution in [0.15, 0.2) is 30.5 Å². The molecule has 2 aromatic rings. The Balaban J connectivity index is 1.61. The lowest BCUT2D eigenvalue weighted by molar-refractivity contribution is 0.0945. The average Bonchev–Trinajstić information content (AvgIpc) is 2.93. The van der Waals surface area contributed by atoms with Gasteiger partial charge in [-0.05, 0) is 36.5 Å². The fourth-order valence-corrected chi connectivity index (χ4v) is 2.79. The fourth-order valence-electron chi connectivity index (χ4n) is 2.79. The van der Waals surface area contributed by atoms with Crippen LogP contribution in [0, 0.1) is 0 Å². The van der Waals surface area contributed by atoms with Gasteiger partial charge in [-0.1, -0.05) is 18.2 Å². The van der Waals surface area contributed by atoms with Gasteiger partial charge in [-0.15, -0.1) is 0 Å². The molecule has 1 aliphatic rings. The predicted molar refractivity (Wildman–Crippen MR) is 82.5 cm³/mol. The molecule has 2 N–H and O–H groups in total. The van der Waals surface area contributed by atoms with E-state index in [0.717, 1.165) is 19.4 Å². The number of benzene rings is 1. The predicted octanol–water partition coefficient (Wildman–Crippen LogP) is 1.75. The summed E-state index contributed by atoms with van der Waals surface area (Å²) in [7, 11) is 1.77. The molecule has 0 radical (unpaired) electrons. The van der Waals surface area contributed by atoms with Crippen molar-refractivity contribution >= 4 is 11.6 Å². The lowest BCUT2D eigenvalue weighted by atomic mass is 9.98. The fraction of sp³-hybridized carbons (Fsp3) is 0.375. The molecule has 0 bridgehead atoms. The molecule has 0 aliphatic carbocycles. The van der Waals surface area contributed by atoms with Crippen molar-refractivity contribution in [1.29, 1.82) is 0 Å². The zero-order valence-corrected chi connectivity index (χ0v) is 12.2. The van der Waals surface area contributed by atoms with Gasteiger partial charge in [-0.3, -0.25) is 9.48 Å². The molecular weight excluding hydrogens is 264 g/mol. The van der Waals surface area contributed by atoms with Gasteiger partial charge >= 0.3 is 0 Å². The van der Waals surface area contributed by atoms with Gasteiger partial charge in [0.1, 0.15) is 5.69 Å². The smallest absolute Gasteiger partial charge is 0.269 e. The molecule has 0 fully saturated rings. The van der Waals surface area contributed by atoms with Crippen molar-refractivity contribution in [1.82, 2.24) is 15.1 Å². The lowest BCUT2D eigenvalue weighted by Crippen LogP contribution is -2.28. The number of aromatic nitrogens is 2. The Morgan fingerprint density at radius 3 is 3.14 bits per heavy atom. The highest BCUT2D eigenvalue weighted by Crippen LogP contribution is 2.26. The first-order valence-electron chi connectivity index (χ1n) is 7.36. The Kier molecular flexibility index (Phi) is 3.90. The molecule has 1 aromatic carbocycles. The minimum atomic E-state index is -0.0762. The van der Waals surface area contributed by atoms with Crippen molar-refractivity contribution in [2.45, 2.75) is 19.3 Å². The summed E-state index contributed by atoms with van der Waals surface area (Å²) < 4.78 is 1.58. The van der Waals surface area contributed by atoms with E-state index >= 15 is 0 Å². The van der Waals surface area contributed by atoms with Crippen LogP contribution >= 0.6 is 0 Å². The standard InChI is InChI=1S/C16H20N4O/c1-20-14(8-11-19-20)16(21)18-10-7-13-5-2-4-12-6-3-9-17-15(12)13/h2,4-5,8,11,17H,3,6-7,9-10H2,1H3,(H,18,21). The molecule has 0 atom stereocenters. The molecule has 1 aliphatic heterocycles. The van der Waals surface area contributed by atoms with Gasteiger partial charge in [0.15, 0.2) is 0 Å². The minimum Gasteiger partial charge on any atom is -0.385 e. The number of fused-ring (bicyclic) bond motifs is 1. The number of amides is 1. The second kappa shape index (κ2) is 5.99. The van der Waals surface area contributed by atoms with E-state index in [0.29, 0.717) is 12.2 Å². The first-order chi connectivity index (χ1) is 10.3. The van der Waals surface area contributed by atoms with Crippen molar-refractivity contribution in [3.63, 3.8) is 0 Å². The zero-order chi connectivity index (χ0) is 14.7. The van der Waals surface area contributed by atoms with Crippen LogP contribution in [0.3, 0.4) is 0 Å². The second-order valence-electron chi connectivity index (χ2n) is 5.33. The van der Waals surface area contributed by atoms with Crippen molar-refractivity contribution in [3.8, 4) is 0 Å². The molecule has 5 heteroatoms. The third-order valence-electron chi connectivity index (χ3n) is 3.90. The van der Waals surface area contributed by atoms with Crippen LogP contribution in [-0.4, -0.2) is 28.8 Å². The highest BCUT2D eigenvalue weighted by Gasteiger charge is 2.13. The quantitative estimate of drug-likeness (QED) is 0.899. The summed E-state index contributed by atoms with van der Waals surface area (Å²) in [4.78, 5) is 12.0. The van der Waals surface area contributed by atoms with E-state index in [9.17, 15) is 4.79 Å². The second-order valence-corrected chi connectivity index (χ2v) is 5.33. The topological polar surface area (TPSA) is 59.0 Å². The summed E-state index contributed by atoms with van der Waals surface area (Å²) in [6.07, 6.45) is 4.79. The number of nitrogens with one attached hydrogen (secondary N) is 2. The van der Waals surface area contributed by atoms with E-state index in [1.54, 1.807) is 24.0 Å². The number of anilines is 1. The highest BCUT2D eigenvalue weighted by atomic mass is 16.2. The highest BCUT2D eigenvalue weighted by molar-refractivity contribution is 5.92. The maximum absolute atomic E-state index is 12.0. The summed E-state index contributed by atoms with van der Waals surface area (Å²) >= 11 is 0. The first kappa shape index (κ1) is 13.7. The number of carbonyl (C=O) groups is 1. The summed E-state index contributed by atoms with van der Waals surface area (Å²) in [6, 6.07) is 8.14. The van der Waals surface area contributed by atoms with E-state index < -0.39 is 0 Å². The van der Waals surface area contributed by atoms with Crippen LogP contribution in [0.1, 0.15) is 28.0 Å².